The van der Waals surface area contributed by atoms with Gasteiger partial charge in [0.15, 0.2) is 17.3 Å². The largest absolute Gasteiger partial charge is 0.486 e. The summed E-state index contributed by atoms with van der Waals surface area (Å²) in [5, 5.41) is 4.96. The van der Waals surface area contributed by atoms with Gasteiger partial charge in [-0.05, 0) is 36.4 Å². The normalized spacial score (nSPS) is 10.6. The van der Waals surface area contributed by atoms with Crippen molar-refractivity contribution in [2.24, 2.45) is 0 Å². The summed E-state index contributed by atoms with van der Waals surface area (Å²) >= 11 is 6.14. The van der Waals surface area contributed by atoms with Crippen molar-refractivity contribution in [1.82, 2.24) is 9.78 Å². The number of ether oxygens (including phenoxy) is 3. The van der Waals surface area contributed by atoms with Gasteiger partial charge in [-0.1, -0.05) is 48.0 Å². The summed E-state index contributed by atoms with van der Waals surface area (Å²) in [6.45, 7) is 0.0679. The molecule has 0 aliphatic heterocycles. The molecule has 0 amide bonds. The monoisotopic (exact) mass is 494 g/mol. The highest BCUT2D eigenvalue weighted by Gasteiger charge is 2.31. The number of esters is 2. The van der Waals surface area contributed by atoms with Crippen molar-refractivity contribution in [1.29, 1.82) is 0 Å². The minimum atomic E-state index is -0.818. The predicted octanol–water partition coefficient (Wildman–Crippen LogP) is 5.48. The summed E-state index contributed by atoms with van der Waals surface area (Å²) in [6.07, 6.45) is 0. The highest BCUT2D eigenvalue weighted by Crippen LogP contribution is 2.32. The number of nitrogens with zero attached hydrogens (tertiary/aromatic N) is 2. The summed E-state index contributed by atoms with van der Waals surface area (Å²) < 4.78 is 31.7. The van der Waals surface area contributed by atoms with Crippen LogP contribution >= 0.6 is 11.6 Å². The van der Waals surface area contributed by atoms with E-state index in [1.165, 1.54) is 37.1 Å². The topological polar surface area (TPSA) is 79.7 Å². The van der Waals surface area contributed by atoms with Crippen molar-refractivity contribution in [3.05, 3.63) is 100 Å². The maximum atomic E-state index is 15.0. The Hall–Kier alpha value is -4.17. The third kappa shape index (κ3) is 4.88. The molecule has 7 nitrogen and oxygen atoms in total. The average Bonchev–Trinajstić information content (AvgIpc) is 3.29. The Kier molecular flexibility index (Phi) is 7.12. The lowest BCUT2D eigenvalue weighted by atomic mass is 10.1. The van der Waals surface area contributed by atoms with Crippen molar-refractivity contribution in [3.63, 3.8) is 0 Å². The van der Waals surface area contributed by atoms with Gasteiger partial charge in [0.1, 0.15) is 17.9 Å². The average molecular weight is 495 g/mol. The van der Waals surface area contributed by atoms with Crippen LogP contribution in [0.15, 0.2) is 72.8 Å². The Morgan fingerprint density at radius 1 is 0.943 bits per heavy atom. The first kappa shape index (κ1) is 24.0. The number of aromatic nitrogens is 2. The first-order valence-corrected chi connectivity index (χ1v) is 10.8. The molecule has 9 heteroatoms. The van der Waals surface area contributed by atoms with Gasteiger partial charge in [0.05, 0.1) is 19.9 Å². The Labute approximate surface area is 205 Å². The van der Waals surface area contributed by atoms with Gasteiger partial charge < -0.3 is 14.2 Å². The van der Waals surface area contributed by atoms with Crippen LogP contribution in [-0.4, -0.2) is 35.9 Å². The zero-order valence-electron chi connectivity index (χ0n) is 18.8. The minimum Gasteiger partial charge on any atom is -0.486 e. The fourth-order valence-corrected chi connectivity index (χ4v) is 3.68. The molecule has 4 rings (SSSR count). The van der Waals surface area contributed by atoms with E-state index in [0.717, 1.165) is 0 Å². The van der Waals surface area contributed by atoms with E-state index >= 15 is 4.39 Å². The first-order valence-electron chi connectivity index (χ1n) is 10.5. The third-order valence-corrected chi connectivity index (χ3v) is 5.57. The van der Waals surface area contributed by atoms with Gasteiger partial charge >= 0.3 is 11.9 Å². The third-order valence-electron chi connectivity index (χ3n) is 5.20. The fraction of sp³-hybridized carbons (Fsp3) is 0.115. The van der Waals surface area contributed by atoms with E-state index in [9.17, 15) is 9.59 Å². The maximum absolute atomic E-state index is 15.0. The van der Waals surface area contributed by atoms with Gasteiger partial charge in [-0.15, -0.1) is 0 Å². The predicted molar refractivity (Wildman–Crippen MR) is 127 cm³/mol. The van der Waals surface area contributed by atoms with E-state index < -0.39 is 17.8 Å². The maximum Gasteiger partial charge on any atom is 0.357 e. The first-order chi connectivity index (χ1) is 16.9. The van der Waals surface area contributed by atoms with Gasteiger partial charge in [-0.2, -0.15) is 5.10 Å². The second-order valence-electron chi connectivity index (χ2n) is 7.33. The van der Waals surface area contributed by atoms with Crippen molar-refractivity contribution in [2.75, 3.05) is 14.2 Å². The molecule has 4 aromatic rings. The van der Waals surface area contributed by atoms with E-state index in [4.69, 9.17) is 25.8 Å². The van der Waals surface area contributed by atoms with Crippen LogP contribution in [0.3, 0.4) is 0 Å². The summed E-state index contributed by atoms with van der Waals surface area (Å²) in [5.41, 5.74) is 1.22. The standard InChI is InChI=1S/C26H20ClFN2O5/c1-33-25(31)22-23(29-30(24(22)26(32)34-2)18-9-4-3-5-10-18)16-12-13-21(20(28)14-16)35-15-17-8-6-7-11-19(17)27/h3-14H,15H2,1-2H3. The number of para-hydroxylation sites is 1. The molecule has 0 aliphatic carbocycles. The molecule has 0 spiro atoms. The molecular formula is C26H20ClFN2O5. The number of benzene rings is 3. The van der Waals surface area contributed by atoms with Gasteiger partial charge in [-0.25, -0.2) is 18.7 Å². The van der Waals surface area contributed by atoms with Crippen molar-refractivity contribution in [2.45, 2.75) is 6.61 Å². The zero-order chi connectivity index (χ0) is 24.9. The quantitative estimate of drug-likeness (QED) is 0.316. The lowest BCUT2D eigenvalue weighted by Crippen LogP contribution is -2.15. The molecule has 1 aromatic heterocycles. The molecular weight excluding hydrogens is 475 g/mol. The molecule has 0 bridgehead atoms. The number of halogens is 2. The second-order valence-corrected chi connectivity index (χ2v) is 7.74. The van der Waals surface area contributed by atoms with E-state index in [-0.39, 0.29) is 34.9 Å². The Balaban J connectivity index is 1.78. The molecule has 0 aliphatic rings. The van der Waals surface area contributed by atoms with Crippen LogP contribution in [0.4, 0.5) is 4.39 Å². The van der Waals surface area contributed by atoms with E-state index in [2.05, 4.69) is 5.10 Å². The van der Waals surface area contributed by atoms with Crippen LogP contribution in [0.1, 0.15) is 26.4 Å². The van der Waals surface area contributed by atoms with Gasteiger partial charge in [0.2, 0.25) is 0 Å². The molecule has 0 saturated carbocycles. The van der Waals surface area contributed by atoms with Gasteiger partial charge in [-0.3, -0.25) is 0 Å². The van der Waals surface area contributed by atoms with E-state index in [1.54, 1.807) is 54.6 Å². The molecule has 0 radical (unpaired) electrons. The molecule has 0 N–H and O–H groups in total. The van der Waals surface area contributed by atoms with Crippen LogP contribution in [-0.2, 0) is 16.1 Å². The highest BCUT2D eigenvalue weighted by atomic mass is 35.5. The van der Waals surface area contributed by atoms with Crippen molar-refractivity contribution in [3.8, 4) is 22.7 Å². The number of methoxy groups -OCH3 is 2. The van der Waals surface area contributed by atoms with E-state index in [1.807, 2.05) is 0 Å². The number of carbonyl (C=O) groups excluding carboxylic acids is 2. The lowest BCUT2D eigenvalue weighted by molar-refractivity contribution is 0.0549. The van der Waals surface area contributed by atoms with Crippen LogP contribution < -0.4 is 4.74 Å². The second kappa shape index (κ2) is 10.4. The van der Waals surface area contributed by atoms with Crippen molar-refractivity contribution < 1.29 is 28.2 Å². The van der Waals surface area contributed by atoms with Crippen molar-refractivity contribution >= 4 is 23.5 Å². The summed E-state index contributed by atoms with van der Waals surface area (Å²) in [4.78, 5) is 25.4. The fourth-order valence-electron chi connectivity index (χ4n) is 3.49. The number of hydrogen-bond acceptors (Lipinski definition) is 6. The molecule has 0 saturated heterocycles. The number of hydrogen-bond donors (Lipinski definition) is 0. The molecule has 178 valence electrons. The minimum absolute atomic E-state index is 0.0102. The molecule has 3 aromatic carbocycles. The molecule has 0 atom stereocenters. The van der Waals surface area contributed by atoms with Crippen LogP contribution in [0.5, 0.6) is 5.75 Å². The Morgan fingerprint density at radius 2 is 1.63 bits per heavy atom. The molecule has 1 heterocycles. The lowest BCUT2D eigenvalue weighted by Gasteiger charge is -2.10. The summed E-state index contributed by atoms with van der Waals surface area (Å²) in [5.74, 6) is -2.31. The Bertz CT molecular complexity index is 1390. The van der Waals surface area contributed by atoms with E-state index in [0.29, 0.717) is 16.3 Å². The van der Waals surface area contributed by atoms with Gasteiger partial charge in [0, 0.05) is 16.1 Å². The molecule has 0 unspecified atom stereocenters. The zero-order valence-corrected chi connectivity index (χ0v) is 19.6. The number of rotatable bonds is 7. The number of carbonyl (C=O) groups is 2. The SMILES string of the molecule is COC(=O)c1c(-c2ccc(OCc3ccccc3Cl)c(F)c2)nn(-c2ccccc2)c1C(=O)OC. The van der Waals surface area contributed by atoms with Crippen LogP contribution in [0.25, 0.3) is 16.9 Å². The van der Waals surface area contributed by atoms with Crippen LogP contribution in [0.2, 0.25) is 5.02 Å². The Morgan fingerprint density at radius 3 is 2.29 bits per heavy atom. The van der Waals surface area contributed by atoms with Crippen LogP contribution in [0, 0.1) is 5.82 Å². The molecule has 35 heavy (non-hydrogen) atoms. The van der Waals surface area contributed by atoms with Gasteiger partial charge in [0.25, 0.3) is 0 Å². The smallest absolute Gasteiger partial charge is 0.357 e. The molecule has 0 fully saturated rings. The highest BCUT2D eigenvalue weighted by molar-refractivity contribution is 6.31. The summed E-state index contributed by atoms with van der Waals surface area (Å²) in [6, 6.07) is 19.9. The summed E-state index contributed by atoms with van der Waals surface area (Å²) in [7, 11) is 2.37.